The highest BCUT2D eigenvalue weighted by molar-refractivity contribution is 5.78. The van der Waals surface area contributed by atoms with E-state index in [2.05, 4.69) is 45.1 Å². The number of quaternary nitrogens is 1. The SMILES string of the molecule is CCOc1c(C)cc(C2C[C@H](CCN3C(=O)CCC3O)N(CCCC[N+](C)(C)C)C2)cc1OC. The third-order valence-electron chi connectivity index (χ3n) is 7.29. The lowest BCUT2D eigenvalue weighted by molar-refractivity contribution is -0.870. The topological polar surface area (TPSA) is 62.2 Å². The van der Waals surface area contributed by atoms with Gasteiger partial charge < -0.3 is 24.0 Å². The van der Waals surface area contributed by atoms with E-state index in [-0.39, 0.29) is 5.91 Å². The van der Waals surface area contributed by atoms with Crippen molar-refractivity contribution in [3.05, 3.63) is 23.3 Å². The summed E-state index contributed by atoms with van der Waals surface area (Å²) in [5, 5.41) is 10.2. The number of amides is 1. The Morgan fingerprint density at radius 1 is 1.18 bits per heavy atom. The van der Waals surface area contributed by atoms with Crippen LogP contribution < -0.4 is 9.47 Å². The molecule has 2 heterocycles. The van der Waals surface area contributed by atoms with Gasteiger partial charge in [-0.25, -0.2) is 0 Å². The van der Waals surface area contributed by atoms with E-state index in [0.29, 0.717) is 38.0 Å². The molecule has 3 atom stereocenters. The van der Waals surface area contributed by atoms with Crippen LogP contribution in [0, 0.1) is 6.92 Å². The minimum atomic E-state index is -0.610. The molecule has 0 aliphatic carbocycles. The Morgan fingerprint density at radius 3 is 2.56 bits per heavy atom. The number of rotatable bonds is 12. The van der Waals surface area contributed by atoms with Crippen molar-refractivity contribution in [2.24, 2.45) is 0 Å². The molecule has 7 nitrogen and oxygen atoms in total. The number of aliphatic hydroxyl groups is 1. The van der Waals surface area contributed by atoms with Crippen LogP contribution in [-0.4, -0.2) is 98.6 Å². The first kappa shape index (κ1) is 26.8. The second-order valence-corrected chi connectivity index (χ2v) is 11.0. The first-order valence-electron chi connectivity index (χ1n) is 13.0. The molecule has 1 aromatic rings. The maximum Gasteiger partial charge on any atom is 0.224 e. The number of hydrogen-bond acceptors (Lipinski definition) is 5. The number of aryl methyl sites for hydroxylation is 1. The van der Waals surface area contributed by atoms with Gasteiger partial charge in [0.25, 0.3) is 0 Å². The molecule has 0 radical (unpaired) electrons. The number of likely N-dealkylation sites (tertiary alicyclic amines) is 2. The molecule has 2 aliphatic heterocycles. The van der Waals surface area contributed by atoms with Gasteiger partial charge in [-0.1, -0.05) is 6.07 Å². The summed E-state index contributed by atoms with van der Waals surface area (Å²) in [7, 11) is 8.44. The highest BCUT2D eigenvalue weighted by atomic mass is 16.5. The number of benzene rings is 1. The molecule has 34 heavy (non-hydrogen) atoms. The van der Waals surface area contributed by atoms with Gasteiger partial charge in [-0.15, -0.1) is 0 Å². The van der Waals surface area contributed by atoms with E-state index in [1.807, 2.05) is 6.92 Å². The Bertz CT molecular complexity index is 823. The number of carbonyl (C=O) groups is 1. The summed E-state index contributed by atoms with van der Waals surface area (Å²) in [6.07, 6.45) is 4.76. The number of aliphatic hydroxyl groups excluding tert-OH is 1. The number of methoxy groups -OCH3 is 1. The summed E-state index contributed by atoms with van der Waals surface area (Å²) in [5.74, 6) is 2.15. The number of hydrogen-bond donors (Lipinski definition) is 1. The van der Waals surface area contributed by atoms with Gasteiger partial charge in [-0.3, -0.25) is 9.69 Å². The molecular weight excluding hydrogens is 430 g/mol. The number of carbonyl (C=O) groups excluding carboxylic acids is 1. The molecule has 1 amide bonds. The van der Waals surface area contributed by atoms with Crippen LogP contribution in [0.1, 0.15) is 62.5 Å². The first-order valence-corrected chi connectivity index (χ1v) is 13.0. The standard InChI is InChI=1S/C27H46N3O4/c1-7-34-27-20(2)16-21(18-24(27)33-6)22-17-23(12-14-29-25(31)10-11-26(29)32)28(19-22)13-8-9-15-30(3,4)5/h16,18,22-23,25,31H,7-15,17,19H2,1-6H3/q+1/t22?,23-,25?/m0/s1. The minimum absolute atomic E-state index is 0.0865. The van der Waals surface area contributed by atoms with Crippen LogP contribution in [0.15, 0.2) is 12.1 Å². The van der Waals surface area contributed by atoms with E-state index in [4.69, 9.17) is 9.47 Å². The number of ether oxygens (including phenoxy) is 2. The van der Waals surface area contributed by atoms with Crippen molar-refractivity contribution in [1.29, 1.82) is 0 Å². The quantitative estimate of drug-likeness (QED) is 0.370. The Balaban J connectivity index is 1.71. The molecule has 2 aliphatic rings. The number of unbranched alkanes of at least 4 members (excludes halogenated alkanes) is 1. The average molecular weight is 477 g/mol. The molecule has 1 N–H and O–H groups in total. The predicted octanol–water partition coefficient (Wildman–Crippen LogP) is 3.38. The second kappa shape index (κ2) is 11.7. The van der Waals surface area contributed by atoms with Crippen LogP contribution in [0.2, 0.25) is 0 Å². The van der Waals surface area contributed by atoms with Crippen molar-refractivity contribution < 1.29 is 23.9 Å². The van der Waals surface area contributed by atoms with Gasteiger partial charge in [0.2, 0.25) is 5.91 Å². The Labute approximate surface area is 206 Å². The summed E-state index contributed by atoms with van der Waals surface area (Å²) in [6, 6.07) is 4.81. The Morgan fingerprint density at radius 2 is 1.94 bits per heavy atom. The molecule has 0 aromatic heterocycles. The highest BCUT2D eigenvalue weighted by Crippen LogP contribution is 2.40. The molecule has 1 aromatic carbocycles. The van der Waals surface area contributed by atoms with Crippen LogP contribution in [0.25, 0.3) is 0 Å². The van der Waals surface area contributed by atoms with Crippen LogP contribution in [0.4, 0.5) is 0 Å². The fraction of sp³-hybridized carbons (Fsp3) is 0.741. The van der Waals surface area contributed by atoms with Gasteiger partial charge in [-0.05, 0) is 69.2 Å². The molecule has 2 fully saturated rings. The minimum Gasteiger partial charge on any atom is -0.493 e. The lowest BCUT2D eigenvalue weighted by Crippen LogP contribution is -2.39. The maximum absolute atomic E-state index is 12.2. The van der Waals surface area contributed by atoms with Gasteiger partial charge in [0.05, 0.1) is 41.4 Å². The maximum atomic E-state index is 12.2. The number of nitrogens with zero attached hydrogens (tertiary/aromatic N) is 3. The van der Waals surface area contributed by atoms with Gasteiger partial charge >= 0.3 is 0 Å². The summed E-state index contributed by atoms with van der Waals surface area (Å²) in [4.78, 5) is 16.5. The average Bonchev–Trinajstić information content (AvgIpc) is 3.33. The fourth-order valence-electron chi connectivity index (χ4n) is 5.47. The highest BCUT2D eigenvalue weighted by Gasteiger charge is 2.35. The predicted molar refractivity (Wildman–Crippen MR) is 135 cm³/mol. The molecule has 3 rings (SSSR count). The van der Waals surface area contributed by atoms with Crippen molar-refractivity contribution in [2.45, 2.75) is 70.6 Å². The normalized spacial score (nSPS) is 23.7. The fourth-order valence-corrected chi connectivity index (χ4v) is 5.47. The first-order chi connectivity index (χ1) is 16.1. The van der Waals surface area contributed by atoms with Crippen molar-refractivity contribution in [3.63, 3.8) is 0 Å². The van der Waals surface area contributed by atoms with Gasteiger partial charge in [0, 0.05) is 32.0 Å². The largest absolute Gasteiger partial charge is 0.493 e. The van der Waals surface area contributed by atoms with Crippen molar-refractivity contribution in [2.75, 3.05) is 61.0 Å². The molecule has 0 bridgehead atoms. The van der Waals surface area contributed by atoms with E-state index in [1.165, 1.54) is 24.9 Å². The van der Waals surface area contributed by atoms with E-state index < -0.39 is 6.23 Å². The van der Waals surface area contributed by atoms with Crippen LogP contribution >= 0.6 is 0 Å². The van der Waals surface area contributed by atoms with Crippen LogP contribution in [-0.2, 0) is 4.79 Å². The monoisotopic (exact) mass is 476 g/mol. The van der Waals surface area contributed by atoms with E-state index in [0.717, 1.165) is 47.5 Å². The van der Waals surface area contributed by atoms with E-state index in [1.54, 1.807) is 12.0 Å². The molecule has 192 valence electrons. The zero-order valence-electron chi connectivity index (χ0n) is 22.2. The third-order valence-corrected chi connectivity index (χ3v) is 7.29. The molecule has 0 spiro atoms. The van der Waals surface area contributed by atoms with E-state index in [9.17, 15) is 9.90 Å². The smallest absolute Gasteiger partial charge is 0.224 e. The molecule has 7 heteroatoms. The zero-order chi connectivity index (χ0) is 24.9. The van der Waals surface area contributed by atoms with Crippen LogP contribution in [0.3, 0.4) is 0 Å². The van der Waals surface area contributed by atoms with Gasteiger partial charge in [0.1, 0.15) is 6.23 Å². The van der Waals surface area contributed by atoms with Crippen molar-refractivity contribution in [3.8, 4) is 11.5 Å². The van der Waals surface area contributed by atoms with E-state index >= 15 is 0 Å². The third kappa shape index (κ3) is 6.86. The summed E-state index contributed by atoms with van der Waals surface area (Å²) in [5.41, 5.74) is 2.41. The molecule has 2 unspecified atom stereocenters. The molecular formula is C27H46N3O4+. The van der Waals surface area contributed by atoms with Gasteiger partial charge in [0.15, 0.2) is 11.5 Å². The van der Waals surface area contributed by atoms with Gasteiger partial charge in [-0.2, -0.15) is 0 Å². The summed E-state index contributed by atoms with van der Waals surface area (Å²) in [6.45, 7) is 8.60. The lowest BCUT2D eigenvalue weighted by atomic mass is 9.93. The van der Waals surface area contributed by atoms with Crippen molar-refractivity contribution in [1.82, 2.24) is 9.80 Å². The second-order valence-electron chi connectivity index (χ2n) is 11.0. The molecule has 0 saturated carbocycles. The molecule has 2 saturated heterocycles. The van der Waals surface area contributed by atoms with Crippen LogP contribution in [0.5, 0.6) is 11.5 Å². The van der Waals surface area contributed by atoms with Crippen molar-refractivity contribution >= 4 is 5.91 Å². The summed E-state index contributed by atoms with van der Waals surface area (Å²) >= 11 is 0. The lowest BCUT2D eigenvalue weighted by Gasteiger charge is -2.28. The zero-order valence-corrected chi connectivity index (χ0v) is 22.2. The summed E-state index contributed by atoms with van der Waals surface area (Å²) < 4.78 is 12.5. The Kier molecular flexibility index (Phi) is 9.24. The Hall–Kier alpha value is -1.83.